The number of carbonyl (C=O) groups excluding carboxylic acids is 1. The molecule has 0 spiro atoms. The van der Waals surface area contributed by atoms with Crippen molar-refractivity contribution < 1.29 is 22.8 Å². The van der Waals surface area contributed by atoms with Gasteiger partial charge in [0.15, 0.2) is 0 Å². The number of alkyl halides is 3. The van der Waals surface area contributed by atoms with Gasteiger partial charge in [-0.2, -0.15) is 18.3 Å². The fourth-order valence-corrected chi connectivity index (χ4v) is 6.51. The van der Waals surface area contributed by atoms with Gasteiger partial charge in [-0.25, -0.2) is 0 Å². The SMILES string of the molecule is O=C(Nc1ccc2[nH]ncc2c1)[C@]12ON=C(c3cncc(-c4cccc(C(F)(F)F)c4)c3)[C@H]1[C@@H]1CC[C@H]2C1. The van der Waals surface area contributed by atoms with E-state index in [1.54, 1.807) is 24.5 Å². The molecule has 2 aromatic heterocycles. The summed E-state index contributed by atoms with van der Waals surface area (Å²) in [5.41, 5.74) is 1.87. The molecule has 3 heterocycles. The van der Waals surface area contributed by atoms with E-state index in [1.807, 2.05) is 18.2 Å². The number of aromatic nitrogens is 3. The van der Waals surface area contributed by atoms with E-state index in [0.717, 1.165) is 42.3 Å². The summed E-state index contributed by atoms with van der Waals surface area (Å²) in [4.78, 5) is 24.2. The number of amides is 1. The van der Waals surface area contributed by atoms with Crippen LogP contribution >= 0.6 is 0 Å². The normalized spacial score (nSPS) is 25.8. The fourth-order valence-electron chi connectivity index (χ4n) is 6.51. The highest BCUT2D eigenvalue weighted by Gasteiger charge is 2.69. The molecule has 10 heteroatoms. The van der Waals surface area contributed by atoms with Gasteiger partial charge in [-0.15, -0.1) is 0 Å². The summed E-state index contributed by atoms with van der Waals surface area (Å²) in [6.45, 7) is 0. The van der Waals surface area contributed by atoms with Crippen LogP contribution < -0.4 is 5.32 Å². The first-order chi connectivity index (χ1) is 18.3. The molecule has 7 rings (SSSR count). The lowest BCUT2D eigenvalue weighted by atomic mass is 9.71. The van der Waals surface area contributed by atoms with Gasteiger partial charge in [0.05, 0.1) is 28.9 Å². The number of hydrogen-bond acceptors (Lipinski definition) is 5. The van der Waals surface area contributed by atoms with Crippen molar-refractivity contribution in [3.63, 3.8) is 0 Å². The molecule has 2 N–H and O–H groups in total. The quantitative estimate of drug-likeness (QED) is 0.358. The Bertz CT molecular complexity index is 1610. The molecule has 1 amide bonds. The summed E-state index contributed by atoms with van der Waals surface area (Å²) >= 11 is 0. The highest BCUT2D eigenvalue weighted by molar-refractivity contribution is 6.11. The molecule has 7 nitrogen and oxygen atoms in total. The van der Waals surface area contributed by atoms with Crippen LogP contribution in [0.15, 0.2) is 72.3 Å². The van der Waals surface area contributed by atoms with Gasteiger partial charge in [0, 0.05) is 40.5 Å². The van der Waals surface area contributed by atoms with Crippen molar-refractivity contribution in [1.29, 1.82) is 0 Å². The molecule has 192 valence electrons. The molecule has 0 saturated heterocycles. The van der Waals surface area contributed by atoms with Gasteiger partial charge in [0.1, 0.15) is 0 Å². The lowest BCUT2D eigenvalue weighted by Gasteiger charge is -2.35. The average molecular weight is 518 g/mol. The van der Waals surface area contributed by atoms with E-state index < -0.39 is 17.3 Å². The second-order valence-electron chi connectivity index (χ2n) is 10.3. The Morgan fingerprint density at radius 3 is 2.76 bits per heavy atom. The highest BCUT2D eigenvalue weighted by atomic mass is 19.4. The van der Waals surface area contributed by atoms with Gasteiger partial charge in [-0.1, -0.05) is 17.3 Å². The fraction of sp³-hybridized carbons (Fsp3) is 0.286. The van der Waals surface area contributed by atoms with Gasteiger partial charge in [-0.3, -0.25) is 14.9 Å². The zero-order valence-electron chi connectivity index (χ0n) is 20.0. The second-order valence-corrected chi connectivity index (χ2v) is 10.3. The van der Waals surface area contributed by atoms with Crippen molar-refractivity contribution in [2.24, 2.45) is 22.9 Å². The average Bonchev–Trinajstić information content (AvgIpc) is 3.70. The first-order valence-electron chi connectivity index (χ1n) is 12.5. The summed E-state index contributed by atoms with van der Waals surface area (Å²) < 4.78 is 39.8. The first-order valence-corrected chi connectivity index (χ1v) is 12.5. The summed E-state index contributed by atoms with van der Waals surface area (Å²) in [5, 5.41) is 15.3. The number of pyridine rings is 1. The molecule has 4 atom stereocenters. The number of anilines is 1. The third kappa shape index (κ3) is 3.43. The van der Waals surface area contributed by atoms with Crippen molar-refractivity contribution in [2.45, 2.75) is 31.0 Å². The maximum absolute atomic E-state index is 13.8. The van der Waals surface area contributed by atoms with Crippen molar-refractivity contribution >= 4 is 28.2 Å². The number of aromatic amines is 1. The topological polar surface area (TPSA) is 92.3 Å². The maximum atomic E-state index is 13.8. The number of rotatable bonds is 4. The smallest absolute Gasteiger partial charge is 0.378 e. The van der Waals surface area contributed by atoms with E-state index >= 15 is 0 Å². The Labute approximate surface area is 215 Å². The number of benzene rings is 2. The summed E-state index contributed by atoms with van der Waals surface area (Å²) in [6.07, 6.45) is 3.12. The van der Waals surface area contributed by atoms with E-state index in [4.69, 9.17) is 4.84 Å². The number of oxime groups is 1. The largest absolute Gasteiger partial charge is 0.416 e. The van der Waals surface area contributed by atoms with Crippen LogP contribution in [0.2, 0.25) is 0 Å². The minimum Gasteiger partial charge on any atom is -0.378 e. The molecule has 4 aromatic rings. The first kappa shape index (κ1) is 22.9. The van der Waals surface area contributed by atoms with Gasteiger partial charge in [-0.05, 0) is 67.1 Å². The molecular weight excluding hydrogens is 495 g/mol. The predicted octanol–water partition coefficient (Wildman–Crippen LogP) is 5.80. The van der Waals surface area contributed by atoms with E-state index in [9.17, 15) is 18.0 Å². The number of fused-ring (bicyclic) bond motifs is 6. The second kappa shape index (κ2) is 8.14. The van der Waals surface area contributed by atoms with E-state index in [0.29, 0.717) is 28.1 Å². The van der Waals surface area contributed by atoms with Crippen molar-refractivity contribution in [1.82, 2.24) is 15.2 Å². The van der Waals surface area contributed by atoms with E-state index in [-0.39, 0.29) is 23.7 Å². The third-order valence-electron chi connectivity index (χ3n) is 8.21. The zero-order chi connectivity index (χ0) is 26.1. The Hall–Kier alpha value is -4.21. The Morgan fingerprint density at radius 1 is 1.03 bits per heavy atom. The van der Waals surface area contributed by atoms with E-state index in [1.165, 1.54) is 12.3 Å². The van der Waals surface area contributed by atoms with Crippen LogP contribution in [0.5, 0.6) is 0 Å². The summed E-state index contributed by atoms with van der Waals surface area (Å²) in [7, 11) is 0. The molecule has 2 bridgehead atoms. The van der Waals surface area contributed by atoms with Crippen LogP contribution in [-0.2, 0) is 15.8 Å². The van der Waals surface area contributed by atoms with Crippen LogP contribution in [0.1, 0.15) is 30.4 Å². The van der Waals surface area contributed by atoms with Crippen molar-refractivity contribution in [3.8, 4) is 11.1 Å². The molecule has 0 radical (unpaired) electrons. The number of nitrogens with zero attached hydrogens (tertiary/aromatic N) is 3. The number of H-pyrrole nitrogens is 1. The van der Waals surface area contributed by atoms with Gasteiger partial charge < -0.3 is 10.2 Å². The van der Waals surface area contributed by atoms with E-state index in [2.05, 4.69) is 25.7 Å². The van der Waals surface area contributed by atoms with Gasteiger partial charge in [0.2, 0.25) is 5.60 Å². The van der Waals surface area contributed by atoms with Crippen LogP contribution in [0.3, 0.4) is 0 Å². The standard InChI is InChI=1S/C28H22F3N5O2/c29-28(30,31)21-3-1-2-15(9-21)17-8-19(13-32-12-17)25-24-16-4-5-20(10-16)27(24,38-36-25)26(37)34-22-6-7-23-18(11-22)14-33-35-23/h1-3,6-9,11-14,16,20,24H,4-5,10H2,(H,33,35)(H,34,37)/t16-,20+,24-,27-/m1/s1. The number of carbonyl (C=O) groups is 1. The van der Waals surface area contributed by atoms with Crippen LogP contribution in [0.4, 0.5) is 18.9 Å². The lowest BCUT2D eigenvalue weighted by Crippen LogP contribution is -2.53. The van der Waals surface area contributed by atoms with Gasteiger partial charge in [0.25, 0.3) is 5.91 Å². The molecule has 2 aromatic carbocycles. The number of halogens is 3. The minimum absolute atomic E-state index is 0.0241. The monoisotopic (exact) mass is 517 g/mol. The Kier molecular flexibility index (Phi) is 4.92. The van der Waals surface area contributed by atoms with Crippen LogP contribution in [-0.4, -0.2) is 32.4 Å². The molecule has 1 aliphatic heterocycles. The highest BCUT2D eigenvalue weighted by Crippen LogP contribution is 2.60. The Morgan fingerprint density at radius 2 is 1.89 bits per heavy atom. The van der Waals surface area contributed by atoms with Gasteiger partial charge >= 0.3 is 6.18 Å². The molecule has 3 aliphatic rings. The lowest BCUT2D eigenvalue weighted by molar-refractivity contribution is -0.149. The molecule has 0 unspecified atom stereocenters. The number of hydrogen-bond donors (Lipinski definition) is 2. The van der Waals surface area contributed by atoms with Crippen LogP contribution in [0, 0.1) is 17.8 Å². The molecule has 2 fully saturated rings. The molecule has 2 saturated carbocycles. The zero-order valence-corrected chi connectivity index (χ0v) is 20.0. The van der Waals surface area contributed by atoms with Crippen molar-refractivity contribution in [3.05, 3.63) is 78.2 Å². The number of nitrogens with one attached hydrogen (secondary N) is 2. The summed E-state index contributed by atoms with van der Waals surface area (Å²) in [6, 6.07) is 12.5. The Balaban J connectivity index is 1.21. The molecule has 2 aliphatic carbocycles. The minimum atomic E-state index is -4.44. The predicted molar refractivity (Wildman–Crippen MR) is 134 cm³/mol. The van der Waals surface area contributed by atoms with Crippen LogP contribution in [0.25, 0.3) is 22.0 Å². The third-order valence-corrected chi connectivity index (χ3v) is 8.21. The molecular formula is C28H22F3N5O2. The maximum Gasteiger partial charge on any atom is 0.416 e. The van der Waals surface area contributed by atoms with Crippen molar-refractivity contribution in [2.75, 3.05) is 5.32 Å². The summed E-state index contributed by atoms with van der Waals surface area (Å²) in [5.74, 6) is -0.257. The molecule has 38 heavy (non-hydrogen) atoms.